The van der Waals surface area contributed by atoms with Crippen LogP contribution in [-0.4, -0.2) is 50.2 Å². The molecular weight excluding hydrogens is 298 g/mol. The van der Waals surface area contributed by atoms with Gasteiger partial charge in [0.1, 0.15) is 11.6 Å². The summed E-state index contributed by atoms with van der Waals surface area (Å²) in [6, 6.07) is 11.3. The monoisotopic (exact) mass is 325 g/mol. The lowest BCUT2D eigenvalue weighted by atomic mass is 10.1. The number of hydrogen-bond donors (Lipinski definition) is 0. The van der Waals surface area contributed by atoms with Crippen molar-refractivity contribution in [3.63, 3.8) is 0 Å². The maximum absolute atomic E-state index is 4.45. The molecule has 2 heterocycles. The van der Waals surface area contributed by atoms with Crippen LogP contribution in [0.2, 0.25) is 0 Å². The van der Waals surface area contributed by atoms with Gasteiger partial charge in [-0.2, -0.15) is 0 Å². The summed E-state index contributed by atoms with van der Waals surface area (Å²) in [5.74, 6) is 2.96. The predicted octanol–water partition coefficient (Wildman–Crippen LogP) is 2.40. The molecule has 5 heteroatoms. The lowest BCUT2D eigenvalue weighted by Gasteiger charge is -2.39. The van der Waals surface area contributed by atoms with E-state index in [0.717, 1.165) is 38.5 Å². The minimum absolute atomic E-state index is 0.545. The highest BCUT2D eigenvalue weighted by Gasteiger charge is 2.30. The van der Waals surface area contributed by atoms with Gasteiger partial charge in [-0.1, -0.05) is 30.3 Å². The second kappa shape index (κ2) is 6.65. The minimum Gasteiger partial charge on any atom is -0.317 e. The zero-order valence-corrected chi connectivity index (χ0v) is 14.7. The average molecular weight is 325 g/mol. The molecule has 1 saturated carbocycles. The molecular formula is C19H27N5. The highest BCUT2D eigenvalue weighted by Crippen LogP contribution is 2.38. The van der Waals surface area contributed by atoms with E-state index in [-0.39, 0.29) is 0 Å². The van der Waals surface area contributed by atoms with Gasteiger partial charge in [-0.05, 0) is 25.3 Å². The number of hydrogen-bond acceptors (Lipinski definition) is 4. The number of nitrogens with zero attached hydrogens (tertiary/aromatic N) is 5. The first-order valence-electron chi connectivity index (χ1n) is 9.09. The Balaban J connectivity index is 1.35. The molecule has 1 aromatic carbocycles. The van der Waals surface area contributed by atoms with E-state index < -0.39 is 0 Å². The molecule has 2 fully saturated rings. The maximum atomic E-state index is 4.45. The molecule has 2 aliphatic rings. The number of piperazine rings is 1. The van der Waals surface area contributed by atoms with Crippen molar-refractivity contribution in [3.05, 3.63) is 47.5 Å². The summed E-state index contributed by atoms with van der Waals surface area (Å²) in [5, 5.41) is 8.86. The van der Waals surface area contributed by atoms with E-state index in [1.165, 1.54) is 24.2 Å². The van der Waals surface area contributed by atoms with Crippen molar-refractivity contribution >= 4 is 0 Å². The van der Waals surface area contributed by atoms with Crippen molar-refractivity contribution in [1.82, 2.24) is 24.6 Å². The average Bonchev–Trinajstić information content (AvgIpc) is 3.36. The van der Waals surface area contributed by atoms with Crippen molar-refractivity contribution < 1.29 is 0 Å². The van der Waals surface area contributed by atoms with E-state index in [1.807, 2.05) is 0 Å². The Kier molecular flexibility index (Phi) is 4.37. The number of aromatic nitrogens is 3. The van der Waals surface area contributed by atoms with Crippen LogP contribution in [0.25, 0.3) is 0 Å². The van der Waals surface area contributed by atoms with Crippen LogP contribution in [0.1, 0.15) is 42.9 Å². The molecule has 0 spiro atoms. The van der Waals surface area contributed by atoms with Crippen molar-refractivity contribution in [2.75, 3.05) is 19.6 Å². The van der Waals surface area contributed by atoms with Crippen LogP contribution in [0.15, 0.2) is 30.3 Å². The molecule has 1 saturated heterocycles. The fraction of sp³-hybridized carbons (Fsp3) is 0.579. The molecule has 5 nitrogen and oxygen atoms in total. The fourth-order valence-electron chi connectivity index (χ4n) is 3.68. The van der Waals surface area contributed by atoms with Gasteiger partial charge in [-0.25, -0.2) is 0 Å². The molecule has 4 rings (SSSR count). The summed E-state index contributed by atoms with van der Waals surface area (Å²) in [7, 11) is 2.12. The van der Waals surface area contributed by atoms with E-state index in [4.69, 9.17) is 0 Å². The molecule has 128 valence electrons. The van der Waals surface area contributed by atoms with Crippen LogP contribution < -0.4 is 0 Å². The van der Waals surface area contributed by atoms with E-state index in [0.29, 0.717) is 12.0 Å². The Labute approximate surface area is 144 Å². The summed E-state index contributed by atoms with van der Waals surface area (Å²) in [5.41, 5.74) is 1.40. The Bertz CT molecular complexity index is 676. The topological polar surface area (TPSA) is 37.2 Å². The molecule has 0 bridgehead atoms. The summed E-state index contributed by atoms with van der Waals surface area (Å²) >= 11 is 0. The molecule has 1 aromatic heterocycles. The van der Waals surface area contributed by atoms with Gasteiger partial charge in [0.05, 0.1) is 6.54 Å². The molecule has 0 radical (unpaired) electrons. The Morgan fingerprint density at radius 3 is 2.54 bits per heavy atom. The summed E-state index contributed by atoms with van der Waals surface area (Å²) in [6.45, 7) is 7.62. The lowest BCUT2D eigenvalue weighted by molar-refractivity contribution is 0.0706. The van der Waals surface area contributed by atoms with Gasteiger partial charge in [0.2, 0.25) is 0 Å². The van der Waals surface area contributed by atoms with Gasteiger partial charge in [-0.3, -0.25) is 9.80 Å². The van der Waals surface area contributed by atoms with Crippen LogP contribution in [0, 0.1) is 0 Å². The SMILES string of the molecule is C[C@@H]1CN(Cc2ccccc2)CCN1Cc1nnc(C2CC2)n1C. The van der Waals surface area contributed by atoms with E-state index >= 15 is 0 Å². The van der Waals surface area contributed by atoms with E-state index in [1.54, 1.807) is 0 Å². The molecule has 0 N–H and O–H groups in total. The van der Waals surface area contributed by atoms with Crippen molar-refractivity contribution in [3.8, 4) is 0 Å². The van der Waals surface area contributed by atoms with Gasteiger partial charge < -0.3 is 4.57 Å². The van der Waals surface area contributed by atoms with Gasteiger partial charge in [-0.15, -0.1) is 10.2 Å². The van der Waals surface area contributed by atoms with E-state index in [2.05, 4.69) is 68.9 Å². The van der Waals surface area contributed by atoms with Crippen molar-refractivity contribution in [2.45, 2.75) is 44.8 Å². The molecule has 24 heavy (non-hydrogen) atoms. The van der Waals surface area contributed by atoms with Crippen molar-refractivity contribution in [1.29, 1.82) is 0 Å². The van der Waals surface area contributed by atoms with Gasteiger partial charge in [0.15, 0.2) is 0 Å². The quantitative estimate of drug-likeness (QED) is 0.846. The number of rotatable bonds is 5. The van der Waals surface area contributed by atoms with Crippen LogP contribution >= 0.6 is 0 Å². The van der Waals surface area contributed by atoms with Gasteiger partial charge in [0.25, 0.3) is 0 Å². The number of benzene rings is 1. The molecule has 1 aliphatic heterocycles. The third kappa shape index (κ3) is 3.37. The van der Waals surface area contributed by atoms with Crippen LogP contribution in [0.5, 0.6) is 0 Å². The largest absolute Gasteiger partial charge is 0.317 e. The van der Waals surface area contributed by atoms with Crippen LogP contribution in [0.3, 0.4) is 0 Å². The third-order valence-electron chi connectivity index (χ3n) is 5.38. The summed E-state index contributed by atoms with van der Waals surface area (Å²) in [4.78, 5) is 5.10. The Morgan fingerprint density at radius 2 is 1.83 bits per heavy atom. The molecule has 0 amide bonds. The Morgan fingerprint density at radius 1 is 1.04 bits per heavy atom. The first-order valence-corrected chi connectivity index (χ1v) is 9.09. The second-order valence-electron chi connectivity index (χ2n) is 7.35. The Hall–Kier alpha value is -1.72. The minimum atomic E-state index is 0.545. The zero-order valence-electron chi connectivity index (χ0n) is 14.7. The van der Waals surface area contributed by atoms with Gasteiger partial charge >= 0.3 is 0 Å². The summed E-state index contributed by atoms with van der Waals surface area (Å²) in [6.07, 6.45) is 2.56. The first-order chi connectivity index (χ1) is 11.7. The van der Waals surface area contributed by atoms with E-state index in [9.17, 15) is 0 Å². The lowest BCUT2D eigenvalue weighted by Crippen LogP contribution is -2.51. The molecule has 2 aromatic rings. The van der Waals surface area contributed by atoms with Gasteiger partial charge in [0, 0.05) is 45.2 Å². The second-order valence-corrected chi connectivity index (χ2v) is 7.35. The standard InChI is InChI=1S/C19H27N5/c1-15-12-23(13-16-6-4-3-5-7-16)10-11-24(15)14-18-20-21-19(22(18)2)17-8-9-17/h3-7,15,17H,8-14H2,1-2H3/t15-/m1/s1. The zero-order chi connectivity index (χ0) is 16.5. The normalized spacial score (nSPS) is 22.8. The fourth-order valence-corrected chi connectivity index (χ4v) is 3.68. The first kappa shape index (κ1) is 15.8. The highest BCUT2D eigenvalue weighted by atomic mass is 15.3. The highest BCUT2D eigenvalue weighted by molar-refractivity contribution is 5.14. The summed E-state index contributed by atoms with van der Waals surface area (Å²) < 4.78 is 2.22. The molecule has 1 aliphatic carbocycles. The predicted molar refractivity (Wildman–Crippen MR) is 94.6 cm³/mol. The van der Waals surface area contributed by atoms with Crippen molar-refractivity contribution in [2.24, 2.45) is 7.05 Å². The third-order valence-corrected chi connectivity index (χ3v) is 5.38. The van der Waals surface area contributed by atoms with Crippen LogP contribution in [0.4, 0.5) is 0 Å². The maximum Gasteiger partial charge on any atom is 0.146 e. The molecule has 0 unspecified atom stereocenters. The smallest absolute Gasteiger partial charge is 0.146 e. The van der Waals surface area contributed by atoms with Crippen LogP contribution in [-0.2, 0) is 20.1 Å². The molecule has 1 atom stereocenters.